The number of hydrogen-bond donors (Lipinski definition) is 1. The van der Waals surface area contributed by atoms with Gasteiger partial charge in [0.15, 0.2) is 0 Å². The number of aromatic nitrogens is 2. The van der Waals surface area contributed by atoms with E-state index in [9.17, 15) is 28.3 Å². The van der Waals surface area contributed by atoms with Gasteiger partial charge in [-0.3, -0.25) is 4.79 Å². The van der Waals surface area contributed by atoms with Crippen molar-refractivity contribution in [1.29, 1.82) is 5.26 Å². The Morgan fingerprint density at radius 2 is 1.89 bits per heavy atom. The van der Waals surface area contributed by atoms with Crippen molar-refractivity contribution in [1.82, 2.24) is 14.9 Å². The number of fused-ring (bicyclic) bond motifs is 1. The molecule has 0 spiro atoms. The first-order chi connectivity index (χ1) is 18.2. The van der Waals surface area contributed by atoms with Crippen molar-refractivity contribution < 1.29 is 23.1 Å². The molecule has 2 aromatic heterocycles. The molecule has 3 aromatic rings. The number of aromatic hydroxyl groups is 1. The van der Waals surface area contributed by atoms with E-state index >= 15 is 0 Å². The Balaban J connectivity index is 1.38. The predicted octanol–water partition coefficient (Wildman–Crippen LogP) is 5.13. The van der Waals surface area contributed by atoms with Gasteiger partial charge in [0.2, 0.25) is 11.8 Å². The first kappa shape index (κ1) is 24.5. The number of amides is 1. The Morgan fingerprint density at radius 3 is 2.58 bits per heavy atom. The molecule has 0 radical (unpaired) electrons. The number of anilines is 1. The summed E-state index contributed by atoms with van der Waals surface area (Å²) in [5, 5.41) is 21.8. The molecule has 2 saturated carbocycles. The maximum Gasteiger partial charge on any atom is 0.397 e. The molecule has 1 saturated heterocycles. The van der Waals surface area contributed by atoms with Gasteiger partial charge in [-0.1, -0.05) is 12.1 Å². The fourth-order valence-electron chi connectivity index (χ4n) is 5.62. The summed E-state index contributed by atoms with van der Waals surface area (Å²) in [6, 6.07) is 11.2. The summed E-state index contributed by atoms with van der Waals surface area (Å²) in [6.07, 6.45) is -0.733. The summed E-state index contributed by atoms with van der Waals surface area (Å²) in [6.45, 7) is 0.831. The highest BCUT2D eigenvalue weighted by atomic mass is 19.4. The van der Waals surface area contributed by atoms with Gasteiger partial charge in [-0.05, 0) is 60.7 Å². The van der Waals surface area contributed by atoms with Crippen molar-refractivity contribution in [2.45, 2.75) is 50.2 Å². The third kappa shape index (κ3) is 4.62. The summed E-state index contributed by atoms with van der Waals surface area (Å²) < 4.78 is 38.8. The fourth-order valence-corrected chi connectivity index (χ4v) is 5.62. The van der Waals surface area contributed by atoms with Gasteiger partial charge >= 0.3 is 6.18 Å². The number of alkyl halides is 3. The number of nitriles is 1. The summed E-state index contributed by atoms with van der Waals surface area (Å²) in [4.78, 5) is 24.9. The van der Waals surface area contributed by atoms with E-state index in [0.717, 1.165) is 47.9 Å². The van der Waals surface area contributed by atoms with E-state index in [1.165, 1.54) is 4.90 Å². The van der Waals surface area contributed by atoms with Crippen LogP contribution in [0.3, 0.4) is 0 Å². The topological polar surface area (TPSA) is 93.3 Å². The molecule has 6 rings (SSSR count). The van der Waals surface area contributed by atoms with Crippen LogP contribution in [0.25, 0.3) is 21.9 Å². The average molecular weight is 522 g/mol. The monoisotopic (exact) mass is 521 g/mol. The Morgan fingerprint density at radius 1 is 1.11 bits per heavy atom. The molecule has 38 heavy (non-hydrogen) atoms. The van der Waals surface area contributed by atoms with E-state index in [1.54, 1.807) is 12.3 Å². The number of nitrogens with zero attached hydrogens (tertiary/aromatic N) is 5. The molecule has 1 aromatic carbocycles. The number of rotatable bonds is 5. The molecule has 7 nitrogen and oxygen atoms in total. The summed E-state index contributed by atoms with van der Waals surface area (Å²) in [5.74, 6) is -0.0103. The standard InChI is InChI=1S/C28H26F3N5O2/c29-28(30,31)13-24(37)36-11-10-35(15-23(36)16-4-5-16)26-18(14-32)12-22(25(34-26)17-6-7-17)19-2-1-3-21-20(19)8-9-33-27(21)38/h1-3,8-9,12,16-17,23H,4-7,10-11,13,15H2,(H,33,38)/t23-/m0/s1. The number of halogens is 3. The highest BCUT2D eigenvalue weighted by Crippen LogP contribution is 2.47. The molecule has 0 unspecified atom stereocenters. The van der Waals surface area contributed by atoms with Gasteiger partial charge in [0.1, 0.15) is 18.3 Å². The average Bonchev–Trinajstić information content (AvgIpc) is 3.80. The number of carbonyl (C=O) groups is 1. The Kier molecular flexibility index (Phi) is 5.89. The summed E-state index contributed by atoms with van der Waals surface area (Å²) in [5.41, 5.74) is 2.95. The van der Waals surface area contributed by atoms with Crippen LogP contribution in [-0.2, 0) is 4.79 Å². The normalized spacial score (nSPS) is 20.0. The molecule has 3 heterocycles. The molecule has 3 fully saturated rings. The molecule has 1 atom stereocenters. The predicted molar refractivity (Wildman–Crippen MR) is 134 cm³/mol. The molecule has 3 aliphatic rings. The van der Waals surface area contributed by atoms with E-state index in [4.69, 9.17) is 4.98 Å². The van der Waals surface area contributed by atoms with Gasteiger partial charge in [0.25, 0.3) is 0 Å². The Bertz CT molecular complexity index is 1460. The van der Waals surface area contributed by atoms with Gasteiger partial charge in [-0.2, -0.15) is 18.4 Å². The van der Waals surface area contributed by atoms with Crippen molar-refractivity contribution in [3.8, 4) is 23.1 Å². The third-order valence-corrected chi connectivity index (χ3v) is 7.75. The van der Waals surface area contributed by atoms with E-state index in [0.29, 0.717) is 29.9 Å². The second-order valence-electron chi connectivity index (χ2n) is 10.4. The number of pyridine rings is 2. The maximum absolute atomic E-state index is 12.9. The first-order valence-corrected chi connectivity index (χ1v) is 12.9. The molecule has 2 aliphatic carbocycles. The van der Waals surface area contributed by atoms with Crippen LogP contribution < -0.4 is 4.90 Å². The molecule has 1 amide bonds. The zero-order valence-electron chi connectivity index (χ0n) is 20.6. The lowest BCUT2D eigenvalue weighted by atomic mass is 9.94. The molecule has 1 N–H and O–H groups in total. The van der Waals surface area contributed by atoms with E-state index in [-0.39, 0.29) is 30.3 Å². The molecular weight excluding hydrogens is 495 g/mol. The van der Waals surface area contributed by atoms with Crippen molar-refractivity contribution in [2.24, 2.45) is 5.92 Å². The van der Waals surface area contributed by atoms with Gasteiger partial charge < -0.3 is 14.9 Å². The first-order valence-electron chi connectivity index (χ1n) is 12.9. The smallest absolute Gasteiger partial charge is 0.397 e. The lowest BCUT2D eigenvalue weighted by Gasteiger charge is -2.42. The van der Waals surface area contributed by atoms with Crippen LogP contribution in [0.5, 0.6) is 5.88 Å². The van der Waals surface area contributed by atoms with Crippen LogP contribution in [0.15, 0.2) is 36.5 Å². The van der Waals surface area contributed by atoms with Crippen molar-refractivity contribution in [3.05, 3.63) is 47.8 Å². The van der Waals surface area contributed by atoms with Gasteiger partial charge in [0.05, 0.1) is 17.3 Å². The highest BCUT2D eigenvalue weighted by molar-refractivity contribution is 5.99. The van der Waals surface area contributed by atoms with E-state index in [1.807, 2.05) is 29.2 Å². The fraction of sp³-hybridized carbons (Fsp3) is 0.429. The molecule has 10 heteroatoms. The van der Waals surface area contributed by atoms with Crippen molar-refractivity contribution in [3.63, 3.8) is 0 Å². The lowest BCUT2D eigenvalue weighted by molar-refractivity contribution is -0.163. The van der Waals surface area contributed by atoms with Crippen molar-refractivity contribution >= 4 is 22.5 Å². The minimum Gasteiger partial charge on any atom is -0.493 e. The summed E-state index contributed by atoms with van der Waals surface area (Å²) in [7, 11) is 0. The second kappa shape index (κ2) is 9.15. The largest absolute Gasteiger partial charge is 0.493 e. The molecule has 1 aliphatic heterocycles. The Hall–Kier alpha value is -3.87. The van der Waals surface area contributed by atoms with Crippen LogP contribution in [0.4, 0.5) is 19.0 Å². The second-order valence-corrected chi connectivity index (χ2v) is 10.4. The molecular formula is C28H26F3N5O2. The number of hydrogen-bond acceptors (Lipinski definition) is 6. The minimum atomic E-state index is -4.54. The minimum absolute atomic E-state index is 0.0635. The maximum atomic E-state index is 12.9. The lowest BCUT2D eigenvalue weighted by Crippen LogP contribution is -2.57. The van der Waals surface area contributed by atoms with Gasteiger partial charge in [0, 0.05) is 42.7 Å². The van der Waals surface area contributed by atoms with Gasteiger partial charge in [-0.15, -0.1) is 0 Å². The van der Waals surface area contributed by atoms with Crippen LogP contribution in [0.1, 0.15) is 49.3 Å². The zero-order chi connectivity index (χ0) is 26.6. The molecule has 0 bridgehead atoms. The highest BCUT2D eigenvalue weighted by Gasteiger charge is 2.44. The third-order valence-electron chi connectivity index (χ3n) is 7.75. The summed E-state index contributed by atoms with van der Waals surface area (Å²) >= 11 is 0. The number of carbonyl (C=O) groups excluding carboxylic acids is 1. The zero-order valence-corrected chi connectivity index (χ0v) is 20.6. The van der Waals surface area contributed by atoms with Crippen LogP contribution in [0, 0.1) is 17.2 Å². The van der Waals surface area contributed by atoms with Crippen LogP contribution in [-0.4, -0.2) is 57.7 Å². The van der Waals surface area contributed by atoms with Crippen LogP contribution >= 0.6 is 0 Å². The number of benzene rings is 1. The Labute approximate surface area is 217 Å². The van der Waals surface area contributed by atoms with E-state index < -0.39 is 18.5 Å². The molecule has 196 valence electrons. The van der Waals surface area contributed by atoms with Crippen molar-refractivity contribution in [2.75, 3.05) is 24.5 Å². The SMILES string of the molecule is N#Cc1cc(-c2cccc3c(O)nccc23)c(C2CC2)nc1N1CCN(C(=O)CC(F)(F)F)[C@H](C2CC2)C1. The van der Waals surface area contributed by atoms with Gasteiger partial charge in [-0.25, -0.2) is 9.97 Å². The quantitative estimate of drug-likeness (QED) is 0.500. The number of piperazine rings is 1. The van der Waals surface area contributed by atoms with E-state index in [2.05, 4.69) is 11.1 Å². The van der Waals surface area contributed by atoms with Crippen LogP contribution in [0.2, 0.25) is 0 Å².